The second-order valence-electron chi connectivity index (χ2n) is 4.37. The Kier molecular flexibility index (Phi) is 4.08. The lowest BCUT2D eigenvalue weighted by Gasteiger charge is -2.31. The van der Waals surface area contributed by atoms with Crippen molar-refractivity contribution in [3.63, 3.8) is 0 Å². The molecular weight excluding hydrogens is 328 g/mol. The molecule has 1 aromatic carbocycles. The summed E-state index contributed by atoms with van der Waals surface area (Å²) in [6.45, 7) is 1.43. The molecule has 1 saturated heterocycles. The van der Waals surface area contributed by atoms with E-state index < -0.39 is 23.8 Å². The summed E-state index contributed by atoms with van der Waals surface area (Å²) in [6, 6.07) is 4.26. The minimum absolute atomic E-state index is 0.143. The van der Waals surface area contributed by atoms with Gasteiger partial charge in [0.25, 0.3) is 5.91 Å². The molecule has 0 aliphatic carbocycles. The number of benzene rings is 1. The van der Waals surface area contributed by atoms with Gasteiger partial charge in [0.15, 0.2) is 0 Å². The third-order valence-electron chi connectivity index (χ3n) is 3.09. The Hall–Kier alpha value is -1.89. The highest BCUT2D eigenvalue weighted by molar-refractivity contribution is 9.10. The van der Waals surface area contributed by atoms with Gasteiger partial charge in [0.05, 0.1) is 12.7 Å². The molecule has 1 fully saturated rings. The summed E-state index contributed by atoms with van der Waals surface area (Å²) < 4.78 is 5.66. The standard InChI is InChI=1S/C13H13BrN2O4/c1-7-12(18)15-11(17)6-16(7)13(19)9-5-8(20-2)3-4-10(9)14/h3-5,7H,6H2,1-2H3,(H,15,17,18). The smallest absolute Gasteiger partial charge is 0.256 e. The second-order valence-corrected chi connectivity index (χ2v) is 5.22. The maximum atomic E-state index is 12.5. The minimum atomic E-state index is -0.696. The predicted molar refractivity (Wildman–Crippen MR) is 74.3 cm³/mol. The largest absolute Gasteiger partial charge is 0.497 e. The number of methoxy groups -OCH3 is 1. The van der Waals surface area contributed by atoms with Crippen LogP contribution in [0, 0.1) is 0 Å². The Morgan fingerprint density at radius 2 is 2.15 bits per heavy atom. The van der Waals surface area contributed by atoms with Gasteiger partial charge in [-0.05, 0) is 41.1 Å². The summed E-state index contributed by atoms with van der Waals surface area (Å²) in [4.78, 5) is 36.7. The molecule has 7 heteroatoms. The normalized spacial score (nSPS) is 18.8. The lowest BCUT2D eigenvalue weighted by atomic mass is 10.1. The van der Waals surface area contributed by atoms with E-state index in [0.717, 1.165) is 0 Å². The lowest BCUT2D eigenvalue weighted by molar-refractivity contribution is -0.138. The number of rotatable bonds is 2. The molecule has 0 radical (unpaired) electrons. The first-order valence-corrected chi connectivity index (χ1v) is 6.71. The second kappa shape index (κ2) is 5.62. The van der Waals surface area contributed by atoms with Crippen molar-refractivity contribution in [2.75, 3.05) is 13.7 Å². The van der Waals surface area contributed by atoms with E-state index in [1.54, 1.807) is 25.1 Å². The number of carbonyl (C=O) groups excluding carboxylic acids is 3. The van der Waals surface area contributed by atoms with Gasteiger partial charge in [-0.25, -0.2) is 0 Å². The molecule has 1 unspecified atom stereocenters. The zero-order valence-corrected chi connectivity index (χ0v) is 12.6. The fourth-order valence-electron chi connectivity index (χ4n) is 1.91. The average molecular weight is 341 g/mol. The van der Waals surface area contributed by atoms with Crippen LogP contribution in [0.25, 0.3) is 0 Å². The molecule has 0 aromatic heterocycles. The van der Waals surface area contributed by atoms with Crippen LogP contribution >= 0.6 is 15.9 Å². The number of nitrogens with one attached hydrogen (secondary N) is 1. The topological polar surface area (TPSA) is 75.7 Å². The first kappa shape index (κ1) is 14.5. The number of nitrogens with zero attached hydrogens (tertiary/aromatic N) is 1. The number of piperazine rings is 1. The molecule has 3 amide bonds. The fourth-order valence-corrected chi connectivity index (χ4v) is 2.33. The summed E-state index contributed by atoms with van der Waals surface area (Å²) >= 11 is 3.29. The van der Waals surface area contributed by atoms with Crippen LogP contribution in [0.5, 0.6) is 5.75 Å². The van der Waals surface area contributed by atoms with Crippen LogP contribution in [0.1, 0.15) is 17.3 Å². The molecule has 20 heavy (non-hydrogen) atoms. The molecule has 0 bridgehead atoms. The van der Waals surface area contributed by atoms with E-state index >= 15 is 0 Å². The third-order valence-corrected chi connectivity index (χ3v) is 3.78. The summed E-state index contributed by atoms with van der Waals surface area (Å²) in [5.74, 6) is -0.836. The first-order chi connectivity index (χ1) is 9.43. The molecular formula is C13H13BrN2O4. The monoisotopic (exact) mass is 340 g/mol. The Labute approximate surface area is 124 Å². The summed E-state index contributed by atoms with van der Waals surface area (Å²) in [7, 11) is 1.50. The first-order valence-electron chi connectivity index (χ1n) is 5.92. The SMILES string of the molecule is COc1ccc(Br)c(C(=O)N2CC(=O)NC(=O)C2C)c1. The van der Waals surface area contributed by atoms with Gasteiger partial charge in [0.2, 0.25) is 11.8 Å². The Morgan fingerprint density at radius 1 is 1.45 bits per heavy atom. The number of ether oxygens (including phenoxy) is 1. The quantitative estimate of drug-likeness (QED) is 0.813. The van der Waals surface area contributed by atoms with Gasteiger partial charge in [0.1, 0.15) is 18.3 Å². The number of carbonyl (C=O) groups is 3. The van der Waals surface area contributed by atoms with Crippen molar-refractivity contribution in [2.45, 2.75) is 13.0 Å². The van der Waals surface area contributed by atoms with E-state index in [0.29, 0.717) is 15.8 Å². The van der Waals surface area contributed by atoms with Gasteiger partial charge < -0.3 is 9.64 Å². The average Bonchev–Trinajstić information content (AvgIpc) is 2.42. The maximum Gasteiger partial charge on any atom is 0.256 e. The number of halogens is 1. The van der Waals surface area contributed by atoms with Crippen molar-refractivity contribution in [3.05, 3.63) is 28.2 Å². The van der Waals surface area contributed by atoms with Crippen LogP contribution in [0.3, 0.4) is 0 Å². The fraction of sp³-hybridized carbons (Fsp3) is 0.308. The Morgan fingerprint density at radius 3 is 2.80 bits per heavy atom. The number of hydrogen-bond donors (Lipinski definition) is 1. The Balaban J connectivity index is 2.35. The van der Waals surface area contributed by atoms with Gasteiger partial charge in [0, 0.05) is 4.47 Å². The van der Waals surface area contributed by atoms with Crippen LogP contribution < -0.4 is 10.1 Å². The van der Waals surface area contributed by atoms with Crippen molar-refractivity contribution < 1.29 is 19.1 Å². The summed E-state index contributed by atoms with van der Waals surface area (Å²) in [6.07, 6.45) is 0. The van der Waals surface area contributed by atoms with Gasteiger partial charge >= 0.3 is 0 Å². The van der Waals surface area contributed by atoms with Gasteiger partial charge in [-0.15, -0.1) is 0 Å². The highest BCUT2D eigenvalue weighted by Gasteiger charge is 2.34. The molecule has 1 atom stereocenters. The van der Waals surface area contributed by atoms with Crippen LogP contribution in [0.15, 0.2) is 22.7 Å². The highest BCUT2D eigenvalue weighted by Crippen LogP contribution is 2.25. The molecule has 6 nitrogen and oxygen atoms in total. The van der Waals surface area contributed by atoms with Crippen LogP contribution in [-0.2, 0) is 9.59 Å². The zero-order valence-electron chi connectivity index (χ0n) is 11.0. The highest BCUT2D eigenvalue weighted by atomic mass is 79.9. The molecule has 1 N–H and O–H groups in total. The van der Waals surface area contributed by atoms with E-state index in [9.17, 15) is 14.4 Å². The van der Waals surface area contributed by atoms with Crippen LogP contribution in [0.2, 0.25) is 0 Å². The van der Waals surface area contributed by atoms with E-state index in [-0.39, 0.29) is 6.54 Å². The van der Waals surface area contributed by atoms with Crippen molar-refractivity contribution >= 4 is 33.7 Å². The molecule has 106 valence electrons. The maximum absolute atomic E-state index is 12.5. The number of hydrogen-bond acceptors (Lipinski definition) is 4. The lowest BCUT2D eigenvalue weighted by Crippen LogP contribution is -2.58. The van der Waals surface area contributed by atoms with Gasteiger partial charge in [-0.2, -0.15) is 0 Å². The molecule has 1 aromatic rings. The van der Waals surface area contributed by atoms with Crippen molar-refractivity contribution in [2.24, 2.45) is 0 Å². The molecule has 1 aliphatic heterocycles. The van der Waals surface area contributed by atoms with Gasteiger partial charge in [-0.3, -0.25) is 19.7 Å². The van der Waals surface area contributed by atoms with E-state index in [2.05, 4.69) is 21.2 Å². The predicted octanol–water partition coefficient (Wildman–Crippen LogP) is 0.945. The van der Waals surface area contributed by atoms with Crippen LogP contribution in [0.4, 0.5) is 0 Å². The number of imide groups is 1. The summed E-state index contributed by atoms with van der Waals surface area (Å²) in [5.41, 5.74) is 0.346. The van der Waals surface area contributed by atoms with Crippen LogP contribution in [-0.4, -0.2) is 42.3 Å². The minimum Gasteiger partial charge on any atom is -0.497 e. The van der Waals surface area contributed by atoms with E-state index in [4.69, 9.17) is 4.74 Å². The van der Waals surface area contributed by atoms with Crippen molar-refractivity contribution in [3.8, 4) is 5.75 Å². The molecule has 0 saturated carbocycles. The zero-order chi connectivity index (χ0) is 14.9. The number of amides is 3. The third kappa shape index (κ3) is 2.67. The Bertz CT molecular complexity index is 588. The van der Waals surface area contributed by atoms with E-state index in [1.807, 2.05) is 0 Å². The van der Waals surface area contributed by atoms with Crippen molar-refractivity contribution in [1.82, 2.24) is 10.2 Å². The molecule has 2 rings (SSSR count). The molecule has 1 aliphatic rings. The van der Waals surface area contributed by atoms with Gasteiger partial charge in [-0.1, -0.05) is 0 Å². The summed E-state index contributed by atoms with van der Waals surface area (Å²) in [5, 5.41) is 2.19. The van der Waals surface area contributed by atoms with E-state index in [1.165, 1.54) is 12.0 Å². The molecule has 1 heterocycles. The van der Waals surface area contributed by atoms with Crippen molar-refractivity contribution in [1.29, 1.82) is 0 Å². The molecule has 0 spiro atoms.